The third-order valence-electron chi connectivity index (χ3n) is 2.72. The molecule has 1 aromatic carbocycles. The van der Waals surface area contributed by atoms with Gasteiger partial charge in [-0.05, 0) is 28.9 Å². The van der Waals surface area contributed by atoms with Gasteiger partial charge in [0.05, 0.1) is 16.8 Å². The fraction of sp³-hybridized carbons (Fsp3) is 0.417. The molecule has 1 saturated heterocycles. The van der Waals surface area contributed by atoms with Crippen molar-refractivity contribution in [2.45, 2.75) is 19.4 Å². The second kappa shape index (κ2) is 5.24. The molecule has 18 heavy (non-hydrogen) atoms. The van der Waals surface area contributed by atoms with E-state index in [1.54, 1.807) is 0 Å². The van der Waals surface area contributed by atoms with Crippen LogP contribution in [0.15, 0.2) is 16.6 Å². The Labute approximate surface area is 113 Å². The zero-order valence-corrected chi connectivity index (χ0v) is 11.5. The molecule has 0 spiro atoms. The van der Waals surface area contributed by atoms with Gasteiger partial charge >= 0.3 is 0 Å². The maximum absolute atomic E-state index is 13.5. The first-order valence-electron chi connectivity index (χ1n) is 5.70. The summed E-state index contributed by atoms with van der Waals surface area (Å²) in [4.78, 5) is 13.3. The molecule has 4 nitrogen and oxygen atoms in total. The van der Waals surface area contributed by atoms with E-state index in [2.05, 4.69) is 15.9 Å². The Morgan fingerprint density at radius 3 is 2.89 bits per heavy atom. The van der Waals surface area contributed by atoms with E-state index < -0.39 is 5.82 Å². The van der Waals surface area contributed by atoms with E-state index in [-0.39, 0.29) is 18.4 Å². The first-order valence-corrected chi connectivity index (χ1v) is 6.50. The molecular weight excluding hydrogens is 303 g/mol. The lowest BCUT2D eigenvalue weighted by atomic mass is 10.2. The predicted molar refractivity (Wildman–Crippen MR) is 70.2 cm³/mol. The summed E-state index contributed by atoms with van der Waals surface area (Å²) in [5, 5.41) is 0. The van der Waals surface area contributed by atoms with Crippen molar-refractivity contribution in [3.05, 3.63) is 22.4 Å². The lowest BCUT2D eigenvalue weighted by molar-refractivity contribution is -0.117. The molecule has 2 N–H and O–H groups in total. The minimum atomic E-state index is -0.423. The fourth-order valence-corrected chi connectivity index (χ4v) is 2.54. The lowest BCUT2D eigenvalue weighted by Crippen LogP contribution is -2.28. The summed E-state index contributed by atoms with van der Waals surface area (Å²) in [5.41, 5.74) is 6.18. The Morgan fingerprint density at radius 1 is 1.61 bits per heavy atom. The smallest absolute Gasteiger partial charge is 0.228 e. The van der Waals surface area contributed by atoms with Crippen LogP contribution in [0.5, 0.6) is 5.75 Å². The molecule has 1 unspecified atom stereocenters. The molecule has 1 fully saturated rings. The Hall–Kier alpha value is -1.14. The van der Waals surface area contributed by atoms with E-state index in [4.69, 9.17) is 10.5 Å². The highest BCUT2D eigenvalue weighted by molar-refractivity contribution is 9.10. The predicted octanol–water partition coefficient (Wildman–Crippen LogP) is 2.05. The van der Waals surface area contributed by atoms with Gasteiger partial charge in [-0.3, -0.25) is 4.79 Å². The zero-order valence-electron chi connectivity index (χ0n) is 9.95. The van der Waals surface area contributed by atoms with Gasteiger partial charge in [0.1, 0.15) is 5.82 Å². The van der Waals surface area contributed by atoms with Crippen LogP contribution in [0.1, 0.15) is 13.3 Å². The van der Waals surface area contributed by atoms with Crippen molar-refractivity contribution in [2.24, 2.45) is 5.73 Å². The van der Waals surface area contributed by atoms with Crippen LogP contribution in [0, 0.1) is 5.82 Å². The number of ether oxygens (including phenoxy) is 1. The van der Waals surface area contributed by atoms with Crippen LogP contribution in [0.4, 0.5) is 10.1 Å². The van der Waals surface area contributed by atoms with Crippen molar-refractivity contribution < 1.29 is 13.9 Å². The number of nitrogens with zero attached hydrogens (tertiary/aromatic N) is 1. The highest BCUT2D eigenvalue weighted by atomic mass is 79.9. The van der Waals surface area contributed by atoms with Crippen molar-refractivity contribution in [3.63, 3.8) is 0 Å². The molecule has 2 rings (SSSR count). The van der Waals surface area contributed by atoms with Crippen molar-refractivity contribution in [1.82, 2.24) is 0 Å². The van der Waals surface area contributed by atoms with E-state index in [0.29, 0.717) is 29.1 Å². The molecule has 6 heteroatoms. The number of halogens is 2. The topological polar surface area (TPSA) is 55.6 Å². The van der Waals surface area contributed by atoms with Crippen molar-refractivity contribution in [1.29, 1.82) is 0 Å². The fourth-order valence-electron chi connectivity index (χ4n) is 2.00. The van der Waals surface area contributed by atoms with E-state index >= 15 is 0 Å². The number of rotatable bonds is 3. The van der Waals surface area contributed by atoms with Gasteiger partial charge in [0.25, 0.3) is 0 Å². The normalized spacial score (nSPS) is 19.4. The molecular formula is C12H14BrFN2O2. The number of nitrogens with two attached hydrogens (primary N) is 1. The first kappa shape index (κ1) is 13.3. The zero-order chi connectivity index (χ0) is 13.3. The van der Waals surface area contributed by atoms with Gasteiger partial charge in [0.2, 0.25) is 5.91 Å². The van der Waals surface area contributed by atoms with Gasteiger partial charge in [-0.1, -0.05) is 0 Å². The minimum Gasteiger partial charge on any atom is -0.490 e. The third kappa shape index (κ3) is 2.49. The van der Waals surface area contributed by atoms with Gasteiger partial charge in [-0.2, -0.15) is 0 Å². The van der Waals surface area contributed by atoms with Gasteiger partial charge in [0.15, 0.2) is 5.75 Å². The quantitative estimate of drug-likeness (QED) is 0.928. The first-order chi connectivity index (χ1) is 8.52. The maximum atomic E-state index is 13.5. The second-order valence-corrected chi connectivity index (χ2v) is 4.99. The summed E-state index contributed by atoms with van der Waals surface area (Å²) in [6.45, 7) is 2.65. The molecule has 1 atom stereocenters. The SMILES string of the molecule is CCOc1c(Br)cc(F)cc1N1CC(N)CC1=O. The number of carbonyl (C=O) groups is 1. The Balaban J connectivity index is 2.45. The van der Waals surface area contributed by atoms with Crippen LogP contribution < -0.4 is 15.4 Å². The van der Waals surface area contributed by atoms with Crippen LogP contribution in [0.25, 0.3) is 0 Å². The van der Waals surface area contributed by atoms with E-state index in [1.807, 2.05) is 6.92 Å². The standard InChI is InChI=1S/C12H14BrFN2O2/c1-2-18-12-9(13)3-7(14)4-10(12)16-6-8(15)5-11(16)17/h3-4,8H,2,5-6,15H2,1H3. The van der Waals surface area contributed by atoms with Gasteiger partial charge < -0.3 is 15.4 Å². The Bertz CT molecular complexity index is 481. The molecule has 1 aliphatic heterocycles. The molecule has 0 bridgehead atoms. The average molecular weight is 317 g/mol. The molecule has 1 aromatic rings. The summed E-state index contributed by atoms with van der Waals surface area (Å²) >= 11 is 3.25. The highest BCUT2D eigenvalue weighted by Gasteiger charge is 2.31. The largest absolute Gasteiger partial charge is 0.490 e. The van der Waals surface area contributed by atoms with Crippen LogP contribution >= 0.6 is 15.9 Å². The van der Waals surface area contributed by atoms with Crippen LogP contribution in [-0.4, -0.2) is 25.1 Å². The van der Waals surface area contributed by atoms with E-state index in [9.17, 15) is 9.18 Å². The lowest BCUT2D eigenvalue weighted by Gasteiger charge is -2.21. The number of carbonyl (C=O) groups excluding carboxylic acids is 1. The van der Waals surface area contributed by atoms with E-state index in [1.165, 1.54) is 17.0 Å². The number of anilines is 1. The summed E-state index contributed by atoms with van der Waals surface area (Å²) in [7, 11) is 0. The summed E-state index contributed by atoms with van der Waals surface area (Å²) in [5.74, 6) is -0.0593. The van der Waals surface area contributed by atoms with Crippen molar-refractivity contribution in [3.8, 4) is 5.75 Å². The third-order valence-corrected chi connectivity index (χ3v) is 3.31. The Morgan fingerprint density at radius 2 is 2.33 bits per heavy atom. The van der Waals surface area contributed by atoms with Crippen molar-refractivity contribution in [2.75, 3.05) is 18.1 Å². The molecule has 0 saturated carbocycles. The van der Waals surface area contributed by atoms with Crippen LogP contribution in [-0.2, 0) is 4.79 Å². The second-order valence-electron chi connectivity index (χ2n) is 4.14. The highest BCUT2D eigenvalue weighted by Crippen LogP contribution is 2.38. The van der Waals surface area contributed by atoms with Crippen LogP contribution in [0.3, 0.4) is 0 Å². The minimum absolute atomic E-state index is 0.110. The number of hydrogen-bond acceptors (Lipinski definition) is 3. The molecule has 1 aliphatic rings. The summed E-state index contributed by atoms with van der Waals surface area (Å²) in [6.07, 6.45) is 0.277. The van der Waals surface area contributed by atoms with Gasteiger partial charge in [-0.25, -0.2) is 4.39 Å². The molecule has 0 aromatic heterocycles. The summed E-state index contributed by atoms with van der Waals surface area (Å²) < 4.78 is 19.4. The number of hydrogen-bond donors (Lipinski definition) is 1. The van der Waals surface area contributed by atoms with Crippen LogP contribution in [0.2, 0.25) is 0 Å². The molecule has 98 valence electrons. The number of amides is 1. The van der Waals surface area contributed by atoms with E-state index in [0.717, 1.165) is 0 Å². The molecule has 1 heterocycles. The number of benzene rings is 1. The molecule has 0 radical (unpaired) electrons. The maximum Gasteiger partial charge on any atom is 0.228 e. The molecule has 1 amide bonds. The van der Waals surface area contributed by atoms with Gasteiger partial charge in [-0.15, -0.1) is 0 Å². The monoisotopic (exact) mass is 316 g/mol. The summed E-state index contributed by atoms with van der Waals surface area (Å²) in [6, 6.07) is 2.40. The average Bonchev–Trinajstić information content (AvgIpc) is 2.61. The van der Waals surface area contributed by atoms with Crippen molar-refractivity contribution >= 4 is 27.5 Å². The molecule has 0 aliphatic carbocycles. The Kier molecular flexibility index (Phi) is 3.87. The van der Waals surface area contributed by atoms with Gasteiger partial charge in [0, 0.05) is 25.1 Å².